The summed E-state index contributed by atoms with van der Waals surface area (Å²) in [5.74, 6) is 0.202. The van der Waals surface area contributed by atoms with Gasteiger partial charge in [-0.1, -0.05) is 12.1 Å². The summed E-state index contributed by atoms with van der Waals surface area (Å²) in [5, 5.41) is 0. The number of nitrogens with zero attached hydrogens (tertiary/aromatic N) is 1. The maximum Gasteiger partial charge on any atom is 0.223 e. The van der Waals surface area contributed by atoms with Crippen molar-refractivity contribution in [3.05, 3.63) is 29.8 Å². The average molecular weight is 248 g/mol. The fourth-order valence-corrected chi connectivity index (χ4v) is 2.24. The first kappa shape index (κ1) is 12.9. The number of ether oxygens (including phenoxy) is 1. The van der Waals surface area contributed by atoms with Crippen LogP contribution in [-0.4, -0.2) is 36.6 Å². The van der Waals surface area contributed by atoms with Crippen LogP contribution in [0.1, 0.15) is 18.9 Å². The number of carbonyl (C=O) groups excluding carboxylic acids is 1. The van der Waals surface area contributed by atoms with Crippen molar-refractivity contribution in [3.63, 3.8) is 0 Å². The van der Waals surface area contributed by atoms with E-state index in [2.05, 4.69) is 0 Å². The van der Waals surface area contributed by atoms with Gasteiger partial charge in [-0.05, 0) is 31.0 Å². The van der Waals surface area contributed by atoms with Crippen molar-refractivity contribution in [1.82, 2.24) is 4.90 Å². The standard InChI is InChI=1S/C14H20N2O2/c1-11-10-18-8-7-16(11)14(17)6-5-12-3-2-4-13(15)9-12/h2-4,9,11H,5-8,10,15H2,1H3/t11-/m1/s1. The zero-order chi connectivity index (χ0) is 13.0. The van der Waals surface area contributed by atoms with Gasteiger partial charge in [0.05, 0.1) is 19.3 Å². The molecule has 2 rings (SSSR count). The van der Waals surface area contributed by atoms with Crippen molar-refractivity contribution in [2.24, 2.45) is 0 Å². The van der Waals surface area contributed by atoms with Crippen LogP contribution in [0.4, 0.5) is 5.69 Å². The summed E-state index contributed by atoms with van der Waals surface area (Å²) in [4.78, 5) is 14.0. The van der Waals surface area contributed by atoms with Crippen molar-refractivity contribution >= 4 is 11.6 Å². The molecule has 0 saturated carbocycles. The monoisotopic (exact) mass is 248 g/mol. The summed E-state index contributed by atoms with van der Waals surface area (Å²) >= 11 is 0. The average Bonchev–Trinajstić information content (AvgIpc) is 2.37. The molecule has 1 heterocycles. The number of carbonyl (C=O) groups is 1. The van der Waals surface area contributed by atoms with Gasteiger partial charge in [-0.2, -0.15) is 0 Å². The molecule has 1 amide bonds. The zero-order valence-corrected chi connectivity index (χ0v) is 10.8. The van der Waals surface area contributed by atoms with Gasteiger partial charge in [0.25, 0.3) is 0 Å². The third kappa shape index (κ3) is 3.23. The van der Waals surface area contributed by atoms with E-state index in [4.69, 9.17) is 10.5 Å². The summed E-state index contributed by atoms with van der Waals surface area (Å²) in [6.45, 7) is 4.02. The Morgan fingerprint density at radius 1 is 1.56 bits per heavy atom. The predicted octanol–water partition coefficient (Wildman–Crippen LogP) is 1.45. The molecule has 1 saturated heterocycles. The van der Waals surface area contributed by atoms with E-state index < -0.39 is 0 Å². The van der Waals surface area contributed by atoms with Crippen molar-refractivity contribution in [3.8, 4) is 0 Å². The molecule has 1 fully saturated rings. The van der Waals surface area contributed by atoms with E-state index in [0.29, 0.717) is 26.2 Å². The van der Waals surface area contributed by atoms with Crippen LogP contribution in [0.5, 0.6) is 0 Å². The third-order valence-corrected chi connectivity index (χ3v) is 3.27. The van der Waals surface area contributed by atoms with E-state index in [1.54, 1.807) is 0 Å². The number of aryl methyl sites for hydroxylation is 1. The molecule has 1 aliphatic rings. The van der Waals surface area contributed by atoms with Gasteiger partial charge in [0.2, 0.25) is 5.91 Å². The molecule has 0 spiro atoms. The Hall–Kier alpha value is -1.55. The van der Waals surface area contributed by atoms with E-state index in [1.165, 1.54) is 0 Å². The number of morpholine rings is 1. The number of nitrogens with two attached hydrogens (primary N) is 1. The fourth-order valence-electron chi connectivity index (χ4n) is 2.24. The molecule has 18 heavy (non-hydrogen) atoms. The van der Waals surface area contributed by atoms with Gasteiger partial charge >= 0.3 is 0 Å². The fraction of sp³-hybridized carbons (Fsp3) is 0.500. The lowest BCUT2D eigenvalue weighted by Crippen LogP contribution is -2.47. The normalized spacial score (nSPS) is 19.8. The maximum absolute atomic E-state index is 12.1. The summed E-state index contributed by atoms with van der Waals surface area (Å²) < 4.78 is 5.33. The molecule has 2 N–H and O–H groups in total. The summed E-state index contributed by atoms with van der Waals surface area (Å²) in [5.41, 5.74) is 7.58. The molecular weight excluding hydrogens is 228 g/mol. The number of rotatable bonds is 3. The number of hydrogen-bond donors (Lipinski definition) is 1. The van der Waals surface area contributed by atoms with Crippen LogP contribution >= 0.6 is 0 Å². The highest BCUT2D eigenvalue weighted by atomic mass is 16.5. The molecule has 1 aromatic carbocycles. The minimum Gasteiger partial charge on any atom is -0.399 e. The van der Waals surface area contributed by atoms with Gasteiger partial charge in [-0.25, -0.2) is 0 Å². The minimum absolute atomic E-state index is 0.187. The van der Waals surface area contributed by atoms with Crippen molar-refractivity contribution in [1.29, 1.82) is 0 Å². The first-order valence-corrected chi connectivity index (χ1v) is 6.38. The van der Waals surface area contributed by atoms with Crippen LogP contribution in [0.2, 0.25) is 0 Å². The SMILES string of the molecule is C[C@@H]1COCCN1C(=O)CCc1cccc(N)c1. The van der Waals surface area contributed by atoms with Crippen LogP contribution in [0.25, 0.3) is 0 Å². The number of nitrogen functional groups attached to an aromatic ring is 1. The van der Waals surface area contributed by atoms with Crippen molar-refractivity contribution < 1.29 is 9.53 Å². The molecule has 0 bridgehead atoms. The van der Waals surface area contributed by atoms with Crippen LogP contribution < -0.4 is 5.73 Å². The second-order valence-electron chi connectivity index (χ2n) is 4.76. The van der Waals surface area contributed by atoms with Gasteiger partial charge in [-0.15, -0.1) is 0 Å². The van der Waals surface area contributed by atoms with Gasteiger partial charge < -0.3 is 15.4 Å². The lowest BCUT2D eigenvalue weighted by molar-refractivity contribution is -0.139. The molecule has 0 aromatic heterocycles. The highest BCUT2D eigenvalue weighted by molar-refractivity contribution is 5.77. The summed E-state index contributed by atoms with van der Waals surface area (Å²) in [6, 6.07) is 7.90. The van der Waals surface area contributed by atoms with E-state index in [-0.39, 0.29) is 11.9 Å². The number of benzene rings is 1. The van der Waals surface area contributed by atoms with E-state index in [0.717, 1.165) is 17.7 Å². The molecule has 0 aliphatic carbocycles. The van der Waals surface area contributed by atoms with Crippen molar-refractivity contribution in [2.45, 2.75) is 25.8 Å². The highest BCUT2D eigenvalue weighted by Gasteiger charge is 2.23. The first-order chi connectivity index (χ1) is 8.66. The van der Waals surface area contributed by atoms with Gasteiger partial charge in [0, 0.05) is 18.7 Å². The van der Waals surface area contributed by atoms with Crippen LogP contribution in [0.15, 0.2) is 24.3 Å². The number of anilines is 1. The molecular formula is C14H20N2O2. The lowest BCUT2D eigenvalue weighted by atomic mass is 10.1. The topological polar surface area (TPSA) is 55.6 Å². The molecule has 0 radical (unpaired) electrons. The Balaban J connectivity index is 1.88. The van der Waals surface area contributed by atoms with Gasteiger partial charge in [0.15, 0.2) is 0 Å². The Bertz CT molecular complexity index is 420. The quantitative estimate of drug-likeness (QED) is 0.824. The first-order valence-electron chi connectivity index (χ1n) is 6.38. The van der Waals surface area contributed by atoms with Crippen LogP contribution in [0.3, 0.4) is 0 Å². The van der Waals surface area contributed by atoms with E-state index >= 15 is 0 Å². The second-order valence-corrected chi connectivity index (χ2v) is 4.76. The predicted molar refractivity (Wildman–Crippen MR) is 71.2 cm³/mol. The highest BCUT2D eigenvalue weighted by Crippen LogP contribution is 2.12. The minimum atomic E-state index is 0.187. The molecule has 1 atom stereocenters. The van der Waals surface area contributed by atoms with Gasteiger partial charge in [0.1, 0.15) is 0 Å². The Kier molecular flexibility index (Phi) is 4.20. The molecule has 4 nitrogen and oxygen atoms in total. The summed E-state index contributed by atoms with van der Waals surface area (Å²) in [6.07, 6.45) is 1.28. The van der Waals surface area contributed by atoms with E-state index in [9.17, 15) is 4.79 Å². The smallest absolute Gasteiger partial charge is 0.223 e. The van der Waals surface area contributed by atoms with Crippen molar-refractivity contribution in [2.75, 3.05) is 25.5 Å². The van der Waals surface area contributed by atoms with E-state index in [1.807, 2.05) is 36.1 Å². The Morgan fingerprint density at radius 2 is 2.39 bits per heavy atom. The molecule has 1 aliphatic heterocycles. The molecule has 98 valence electrons. The largest absolute Gasteiger partial charge is 0.399 e. The second kappa shape index (κ2) is 5.87. The third-order valence-electron chi connectivity index (χ3n) is 3.27. The molecule has 1 aromatic rings. The van der Waals surface area contributed by atoms with Crippen LogP contribution in [-0.2, 0) is 16.0 Å². The van der Waals surface area contributed by atoms with Crippen LogP contribution in [0, 0.1) is 0 Å². The molecule has 0 unspecified atom stereocenters. The maximum atomic E-state index is 12.1. The lowest BCUT2D eigenvalue weighted by Gasteiger charge is -2.33. The summed E-state index contributed by atoms with van der Waals surface area (Å²) in [7, 11) is 0. The molecule has 4 heteroatoms. The zero-order valence-electron chi connectivity index (χ0n) is 10.8. The Labute approximate surface area is 108 Å². The number of amides is 1. The Morgan fingerprint density at radius 3 is 3.11 bits per heavy atom. The number of hydrogen-bond acceptors (Lipinski definition) is 3. The van der Waals surface area contributed by atoms with Gasteiger partial charge in [-0.3, -0.25) is 4.79 Å².